The molecular weight excluding hydrogens is 342 g/mol. The highest BCUT2D eigenvalue weighted by molar-refractivity contribution is 5.86. The first-order valence-electron chi connectivity index (χ1n) is 8.97. The van der Waals surface area contributed by atoms with Crippen LogP contribution in [0.4, 0.5) is 0 Å². The zero-order valence-electron chi connectivity index (χ0n) is 16.7. The molecule has 0 unspecified atom stereocenters. The van der Waals surface area contributed by atoms with Crippen molar-refractivity contribution in [1.29, 1.82) is 0 Å². The Morgan fingerprint density at radius 3 is 2.48 bits per heavy atom. The van der Waals surface area contributed by atoms with Crippen molar-refractivity contribution in [3.8, 4) is 0 Å². The van der Waals surface area contributed by atoms with Crippen LogP contribution in [0.2, 0.25) is 0 Å². The first-order chi connectivity index (χ1) is 12.8. The first kappa shape index (κ1) is 20.5. The minimum atomic E-state index is -0.0914. The van der Waals surface area contributed by atoms with Gasteiger partial charge in [0, 0.05) is 19.5 Å². The second-order valence-corrected chi connectivity index (χ2v) is 7.51. The van der Waals surface area contributed by atoms with Crippen LogP contribution in [0.3, 0.4) is 0 Å². The van der Waals surface area contributed by atoms with Crippen LogP contribution < -0.4 is 10.6 Å². The molecule has 0 spiro atoms. The van der Waals surface area contributed by atoms with Crippen LogP contribution in [0.5, 0.6) is 0 Å². The Morgan fingerprint density at radius 1 is 1.19 bits per heavy atom. The van der Waals surface area contributed by atoms with Gasteiger partial charge in [0.1, 0.15) is 5.76 Å². The van der Waals surface area contributed by atoms with Crippen LogP contribution in [0.25, 0.3) is 0 Å². The van der Waals surface area contributed by atoms with Crippen LogP contribution in [-0.2, 0) is 23.3 Å². The minimum absolute atomic E-state index is 0.0321. The molecule has 2 rings (SSSR count). The number of amides is 1. The maximum absolute atomic E-state index is 11.9. The topological polar surface area (TPSA) is 82.8 Å². The number of hydrogen-bond acceptors (Lipinski definition) is 4. The van der Waals surface area contributed by atoms with E-state index in [-0.39, 0.29) is 17.9 Å². The lowest BCUT2D eigenvalue weighted by atomic mass is 9.94. The minimum Gasteiger partial charge on any atom is -0.443 e. The summed E-state index contributed by atoms with van der Waals surface area (Å²) < 4.78 is 5.79. The van der Waals surface area contributed by atoms with E-state index in [1.807, 2.05) is 30.3 Å². The largest absolute Gasteiger partial charge is 0.443 e. The molecule has 0 saturated heterocycles. The highest BCUT2D eigenvalue weighted by Gasteiger charge is 2.19. The van der Waals surface area contributed by atoms with Crippen molar-refractivity contribution in [1.82, 2.24) is 20.5 Å². The van der Waals surface area contributed by atoms with E-state index in [0.29, 0.717) is 24.9 Å². The number of carbonyl (C=O) groups excluding carboxylic acids is 1. The van der Waals surface area contributed by atoms with Gasteiger partial charge in [0.2, 0.25) is 11.8 Å². The van der Waals surface area contributed by atoms with E-state index in [0.717, 1.165) is 11.3 Å². The number of nitrogens with zero attached hydrogens (tertiary/aromatic N) is 3. The third-order valence-electron chi connectivity index (χ3n) is 3.87. The predicted molar refractivity (Wildman–Crippen MR) is 106 cm³/mol. The lowest BCUT2D eigenvalue weighted by Crippen LogP contribution is -2.42. The molecule has 1 aromatic carbocycles. The fraction of sp³-hybridized carbons (Fsp3) is 0.450. The van der Waals surface area contributed by atoms with Gasteiger partial charge in [-0.1, -0.05) is 51.1 Å². The zero-order chi connectivity index (χ0) is 19.9. The van der Waals surface area contributed by atoms with Crippen molar-refractivity contribution in [2.45, 2.75) is 39.3 Å². The number of rotatable bonds is 6. The van der Waals surface area contributed by atoms with Gasteiger partial charge in [-0.05, 0) is 5.56 Å². The Morgan fingerprint density at radius 2 is 1.89 bits per heavy atom. The quantitative estimate of drug-likeness (QED) is 0.601. The third-order valence-corrected chi connectivity index (χ3v) is 3.87. The van der Waals surface area contributed by atoms with Crippen molar-refractivity contribution in [2.75, 3.05) is 20.6 Å². The summed E-state index contributed by atoms with van der Waals surface area (Å²) >= 11 is 0. The number of aromatic nitrogens is 1. The molecule has 0 aliphatic carbocycles. The molecule has 1 aromatic heterocycles. The second-order valence-electron chi connectivity index (χ2n) is 7.51. The molecule has 0 fully saturated rings. The van der Waals surface area contributed by atoms with Crippen LogP contribution in [0.15, 0.2) is 45.9 Å². The van der Waals surface area contributed by atoms with Gasteiger partial charge < -0.3 is 20.0 Å². The lowest BCUT2D eigenvalue weighted by Gasteiger charge is -2.15. The van der Waals surface area contributed by atoms with E-state index in [2.05, 4.69) is 41.4 Å². The van der Waals surface area contributed by atoms with Crippen molar-refractivity contribution in [2.24, 2.45) is 4.99 Å². The number of hydrogen-bond donors (Lipinski definition) is 2. The Balaban J connectivity index is 2.02. The van der Waals surface area contributed by atoms with Gasteiger partial charge in [0.25, 0.3) is 0 Å². The molecule has 1 amide bonds. The molecule has 0 bridgehead atoms. The number of likely N-dealkylation sites (N-methyl/N-ethyl adjacent to an activating group) is 1. The molecule has 0 radical (unpaired) electrons. The summed E-state index contributed by atoms with van der Waals surface area (Å²) in [4.78, 5) is 22.3. The Hall–Kier alpha value is -2.83. The van der Waals surface area contributed by atoms with E-state index < -0.39 is 0 Å². The number of nitrogens with one attached hydrogen (secondary N) is 2. The van der Waals surface area contributed by atoms with Crippen molar-refractivity contribution < 1.29 is 9.21 Å². The van der Waals surface area contributed by atoms with E-state index in [1.54, 1.807) is 20.3 Å². The molecule has 0 saturated carbocycles. The molecule has 0 aliphatic rings. The van der Waals surface area contributed by atoms with Crippen LogP contribution in [0.1, 0.15) is 38.0 Å². The summed E-state index contributed by atoms with van der Waals surface area (Å²) in [5.41, 5.74) is 0.995. The molecule has 7 heteroatoms. The summed E-state index contributed by atoms with van der Waals surface area (Å²) in [6.45, 7) is 7.27. The van der Waals surface area contributed by atoms with Crippen molar-refractivity contribution in [3.05, 3.63) is 53.7 Å². The number of aliphatic imine (C=N–C) groups is 1. The Bertz CT molecular complexity index is 760. The highest BCUT2D eigenvalue weighted by Crippen LogP contribution is 2.22. The predicted octanol–water partition coefficient (Wildman–Crippen LogP) is 2.30. The molecular formula is C20H29N5O2. The van der Waals surface area contributed by atoms with Gasteiger partial charge in [-0.3, -0.25) is 4.79 Å². The summed E-state index contributed by atoms with van der Waals surface area (Å²) in [6, 6.07) is 9.94. The zero-order valence-corrected chi connectivity index (χ0v) is 16.7. The maximum Gasteiger partial charge on any atom is 0.241 e. The van der Waals surface area contributed by atoms with Gasteiger partial charge in [0.05, 0.1) is 25.8 Å². The van der Waals surface area contributed by atoms with E-state index in [9.17, 15) is 4.79 Å². The smallest absolute Gasteiger partial charge is 0.241 e. The van der Waals surface area contributed by atoms with E-state index >= 15 is 0 Å². The standard InChI is InChI=1S/C20H29N5O2/c1-20(2,3)16-12-21-17(27-16)13-23-19(24-14-18(26)25(4)5)22-11-15-9-7-6-8-10-15/h6-10,12H,11,13-14H2,1-5H3,(H2,22,23,24). The van der Waals surface area contributed by atoms with Crippen LogP contribution in [0, 0.1) is 0 Å². The lowest BCUT2D eigenvalue weighted by molar-refractivity contribution is -0.127. The molecule has 0 aliphatic heterocycles. The highest BCUT2D eigenvalue weighted by atomic mass is 16.4. The number of benzene rings is 1. The molecule has 1 heterocycles. The molecule has 2 aromatic rings. The second kappa shape index (κ2) is 9.21. The fourth-order valence-electron chi connectivity index (χ4n) is 2.14. The van der Waals surface area contributed by atoms with E-state index in [4.69, 9.17) is 4.42 Å². The molecule has 7 nitrogen and oxygen atoms in total. The first-order valence-corrected chi connectivity index (χ1v) is 8.97. The Labute approximate surface area is 160 Å². The van der Waals surface area contributed by atoms with Crippen LogP contribution >= 0.6 is 0 Å². The van der Waals surface area contributed by atoms with Gasteiger partial charge in [0.15, 0.2) is 5.96 Å². The van der Waals surface area contributed by atoms with Gasteiger partial charge in [-0.25, -0.2) is 9.98 Å². The van der Waals surface area contributed by atoms with Gasteiger partial charge >= 0.3 is 0 Å². The van der Waals surface area contributed by atoms with Gasteiger partial charge in [-0.2, -0.15) is 0 Å². The van der Waals surface area contributed by atoms with Crippen molar-refractivity contribution >= 4 is 11.9 Å². The normalized spacial score (nSPS) is 12.0. The summed E-state index contributed by atoms with van der Waals surface area (Å²) in [7, 11) is 3.44. The van der Waals surface area contributed by atoms with Gasteiger partial charge in [-0.15, -0.1) is 0 Å². The molecule has 0 atom stereocenters. The summed E-state index contributed by atoms with van der Waals surface area (Å²) in [5, 5.41) is 6.23. The monoisotopic (exact) mass is 371 g/mol. The SMILES string of the molecule is CN(C)C(=O)CNC(=NCc1ccccc1)NCc1ncc(C(C)(C)C)o1. The Kier molecular flexibility index (Phi) is 6.98. The molecule has 146 valence electrons. The molecule has 2 N–H and O–H groups in total. The van der Waals surface area contributed by atoms with E-state index in [1.165, 1.54) is 4.90 Å². The third kappa shape index (κ3) is 6.77. The average molecular weight is 371 g/mol. The number of oxazole rings is 1. The average Bonchev–Trinajstić information content (AvgIpc) is 3.11. The van der Waals surface area contributed by atoms with Crippen molar-refractivity contribution in [3.63, 3.8) is 0 Å². The maximum atomic E-state index is 11.9. The van der Waals surface area contributed by atoms with Crippen LogP contribution in [-0.4, -0.2) is 42.4 Å². The molecule has 27 heavy (non-hydrogen) atoms. The summed E-state index contributed by atoms with van der Waals surface area (Å²) in [5.74, 6) is 1.91. The number of carbonyl (C=O) groups is 1. The summed E-state index contributed by atoms with van der Waals surface area (Å²) in [6.07, 6.45) is 1.75. The number of guanidine groups is 1. The fourth-order valence-corrected chi connectivity index (χ4v) is 2.14.